The van der Waals surface area contributed by atoms with Crippen molar-refractivity contribution in [1.82, 2.24) is 4.98 Å². The number of fused-ring (bicyclic) bond motifs is 1. The second-order valence-corrected chi connectivity index (χ2v) is 5.35. The minimum Gasteiger partial charge on any atom is -0.465 e. The molecule has 6 nitrogen and oxygen atoms in total. The maximum atomic E-state index is 13.3. The average Bonchev–Trinajstić information content (AvgIpc) is 2.89. The average molecular weight is 354 g/mol. The Kier molecular flexibility index (Phi) is 4.79. The smallest absolute Gasteiger partial charge is 0.355 e. The maximum absolute atomic E-state index is 13.3. The zero-order valence-corrected chi connectivity index (χ0v) is 14.1. The number of aromatic nitrogens is 1. The fraction of sp³-hybridized carbons (Fsp3) is 0.105. The highest BCUT2D eigenvalue weighted by Crippen LogP contribution is 2.28. The second kappa shape index (κ2) is 7.18. The molecule has 0 saturated carbocycles. The molecule has 0 radical (unpaired) electrons. The van der Waals surface area contributed by atoms with E-state index in [4.69, 9.17) is 9.47 Å². The van der Waals surface area contributed by atoms with E-state index in [1.54, 1.807) is 36.6 Å². The number of nitrogens with zero attached hydrogens (tertiary/aromatic N) is 2. The summed E-state index contributed by atoms with van der Waals surface area (Å²) in [5.41, 5.74) is 1.15. The van der Waals surface area contributed by atoms with Crippen LogP contribution in [0.3, 0.4) is 0 Å². The summed E-state index contributed by atoms with van der Waals surface area (Å²) in [5.74, 6) is -1.81. The van der Waals surface area contributed by atoms with E-state index >= 15 is 0 Å². The number of esters is 2. The molecule has 0 fully saturated rings. The minimum absolute atomic E-state index is 0.00538. The number of allylic oxidation sites excluding steroid dienone is 2. The van der Waals surface area contributed by atoms with Crippen LogP contribution in [0.4, 0.5) is 10.1 Å². The van der Waals surface area contributed by atoms with E-state index in [0.29, 0.717) is 16.6 Å². The topological polar surface area (TPSA) is 68.7 Å². The number of hydrogen-bond acceptors (Lipinski definition) is 6. The highest BCUT2D eigenvalue weighted by Gasteiger charge is 2.27. The lowest BCUT2D eigenvalue weighted by atomic mass is 10.1. The first-order valence-electron chi connectivity index (χ1n) is 7.65. The van der Waals surface area contributed by atoms with Gasteiger partial charge < -0.3 is 14.4 Å². The monoisotopic (exact) mass is 354 g/mol. The van der Waals surface area contributed by atoms with Gasteiger partial charge in [-0.1, -0.05) is 12.1 Å². The van der Waals surface area contributed by atoms with Crippen LogP contribution in [-0.4, -0.2) is 31.1 Å². The lowest BCUT2D eigenvalue weighted by Crippen LogP contribution is -2.26. The van der Waals surface area contributed by atoms with Crippen LogP contribution in [0.25, 0.3) is 10.9 Å². The lowest BCUT2D eigenvalue weighted by Gasteiger charge is -2.23. The molecule has 2 heterocycles. The molecule has 1 aliphatic rings. The number of ether oxygens (including phenoxy) is 2. The first-order chi connectivity index (χ1) is 12.5. The molecule has 0 aliphatic carbocycles. The SMILES string of the molecule is COC(=O)C1=C(C(=O)OC)N(c2ccc3cc(F)cnc3c2)C=CC=C1. The molecule has 2 aromatic rings. The summed E-state index contributed by atoms with van der Waals surface area (Å²) in [7, 11) is 2.46. The van der Waals surface area contributed by atoms with Crippen molar-refractivity contribution in [3.05, 3.63) is 72.0 Å². The third-order valence-corrected chi connectivity index (χ3v) is 3.80. The van der Waals surface area contributed by atoms with E-state index in [-0.39, 0.29) is 11.3 Å². The van der Waals surface area contributed by atoms with E-state index in [9.17, 15) is 14.0 Å². The van der Waals surface area contributed by atoms with Crippen molar-refractivity contribution in [2.24, 2.45) is 0 Å². The van der Waals surface area contributed by atoms with Gasteiger partial charge in [-0.25, -0.2) is 14.0 Å². The molecule has 132 valence electrons. The molecule has 0 N–H and O–H groups in total. The first kappa shape index (κ1) is 17.3. The van der Waals surface area contributed by atoms with Gasteiger partial charge in [0.25, 0.3) is 0 Å². The molecule has 0 spiro atoms. The Bertz CT molecular complexity index is 979. The summed E-state index contributed by atoms with van der Waals surface area (Å²) >= 11 is 0. The summed E-state index contributed by atoms with van der Waals surface area (Å²) in [6.45, 7) is 0. The summed E-state index contributed by atoms with van der Waals surface area (Å²) < 4.78 is 22.9. The molecule has 1 aromatic heterocycles. The number of rotatable bonds is 3. The van der Waals surface area contributed by atoms with Crippen LogP contribution in [0.2, 0.25) is 0 Å². The first-order valence-corrected chi connectivity index (χ1v) is 7.65. The normalized spacial score (nSPS) is 13.7. The van der Waals surface area contributed by atoms with Crippen LogP contribution in [0, 0.1) is 5.82 Å². The molecule has 0 amide bonds. The van der Waals surface area contributed by atoms with Gasteiger partial charge >= 0.3 is 11.9 Å². The van der Waals surface area contributed by atoms with Crippen LogP contribution < -0.4 is 4.90 Å². The summed E-state index contributed by atoms with van der Waals surface area (Å²) in [4.78, 5) is 30.1. The van der Waals surface area contributed by atoms with Gasteiger partial charge in [0.2, 0.25) is 0 Å². The molecule has 0 saturated heterocycles. The zero-order valence-electron chi connectivity index (χ0n) is 14.1. The fourth-order valence-corrected chi connectivity index (χ4v) is 2.60. The molecule has 1 aliphatic heterocycles. The summed E-state index contributed by atoms with van der Waals surface area (Å²) in [6, 6.07) is 6.42. The predicted molar refractivity (Wildman–Crippen MR) is 93.5 cm³/mol. The van der Waals surface area contributed by atoms with Crippen molar-refractivity contribution in [3.8, 4) is 0 Å². The van der Waals surface area contributed by atoms with Gasteiger partial charge in [0.1, 0.15) is 11.5 Å². The molecule has 0 bridgehead atoms. The quantitative estimate of drug-likeness (QED) is 0.790. The number of halogens is 1. The Morgan fingerprint density at radius 1 is 1.08 bits per heavy atom. The van der Waals surface area contributed by atoms with Crippen LogP contribution in [0.5, 0.6) is 0 Å². The number of carbonyl (C=O) groups excluding carboxylic acids is 2. The Morgan fingerprint density at radius 3 is 2.58 bits per heavy atom. The zero-order chi connectivity index (χ0) is 18.7. The minimum atomic E-state index is -0.700. The van der Waals surface area contributed by atoms with Gasteiger partial charge in [-0.2, -0.15) is 0 Å². The molecular weight excluding hydrogens is 339 g/mol. The molecule has 0 atom stereocenters. The van der Waals surface area contributed by atoms with Crippen LogP contribution >= 0.6 is 0 Å². The van der Waals surface area contributed by atoms with E-state index in [1.807, 2.05) is 0 Å². The lowest BCUT2D eigenvalue weighted by molar-refractivity contribution is -0.139. The van der Waals surface area contributed by atoms with E-state index in [2.05, 4.69) is 4.98 Å². The number of carbonyl (C=O) groups is 2. The second-order valence-electron chi connectivity index (χ2n) is 5.35. The van der Waals surface area contributed by atoms with Crippen LogP contribution in [0.1, 0.15) is 0 Å². The number of benzene rings is 1. The van der Waals surface area contributed by atoms with Crippen molar-refractivity contribution in [1.29, 1.82) is 0 Å². The number of hydrogen-bond donors (Lipinski definition) is 0. The highest BCUT2D eigenvalue weighted by atomic mass is 19.1. The van der Waals surface area contributed by atoms with Crippen molar-refractivity contribution in [3.63, 3.8) is 0 Å². The Balaban J connectivity index is 2.18. The van der Waals surface area contributed by atoms with Gasteiger partial charge in [0.15, 0.2) is 0 Å². The predicted octanol–water partition coefficient (Wildman–Crippen LogP) is 2.86. The van der Waals surface area contributed by atoms with Crippen LogP contribution in [0.15, 0.2) is 66.2 Å². The fourth-order valence-electron chi connectivity index (χ4n) is 2.60. The summed E-state index contributed by atoms with van der Waals surface area (Å²) in [5, 5.41) is 0.613. The van der Waals surface area contributed by atoms with Crippen molar-refractivity contribution in [2.75, 3.05) is 19.1 Å². The molecule has 3 rings (SSSR count). The number of anilines is 1. The Morgan fingerprint density at radius 2 is 1.85 bits per heavy atom. The molecular formula is C19H15FN2O4. The van der Waals surface area contributed by atoms with Crippen LogP contribution in [-0.2, 0) is 19.1 Å². The summed E-state index contributed by atoms with van der Waals surface area (Å²) in [6.07, 6.45) is 7.49. The highest BCUT2D eigenvalue weighted by molar-refractivity contribution is 6.05. The molecule has 7 heteroatoms. The van der Waals surface area contributed by atoms with Crippen molar-refractivity contribution >= 4 is 28.5 Å². The maximum Gasteiger partial charge on any atom is 0.355 e. The third kappa shape index (κ3) is 3.19. The molecule has 26 heavy (non-hydrogen) atoms. The molecule has 1 aromatic carbocycles. The Labute approximate surface area is 148 Å². The van der Waals surface area contributed by atoms with E-state index in [0.717, 1.165) is 6.20 Å². The van der Waals surface area contributed by atoms with Gasteiger partial charge in [0, 0.05) is 17.3 Å². The van der Waals surface area contributed by atoms with Crippen molar-refractivity contribution in [2.45, 2.75) is 0 Å². The van der Waals surface area contributed by atoms with E-state index in [1.165, 1.54) is 31.3 Å². The molecule has 0 unspecified atom stereocenters. The third-order valence-electron chi connectivity index (χ3n) is 3.80. The number of methoxy groups -OCH3 is 2. The largest absolute Gasteiger partial charge is 0.465 e. The van der Waals surface area contributed by atoms with Crippen molar-refractivity contribution < 1.29 is 23.5 Å². The Hall–Kier alpha value is -3.48. The van der Waals surface area contributed by atoms with E-state index < -0.39 is 17.8 Å². The van der Waals surface area contributed by atoms with Gasteiger partial charge in [-0.3, -0.25) is 4.98 Å². The van der Waals surface area contributed by atoms with Gasteiger partial charge in [-0.05, 0) is 30.4 Å². The standard InChI is InChI=1S/C19H15FN2O4/c1-25-18(23)15-5-3-4-8-22(17(15)19(24)26-2)14-7-6-12-9-13(20)11-21-16(12)10-14/h3-11H,1-2H3. The number of pyridine rings is 1. The van der Waals surface area contributed by atoms with Gasteiger partial charge in [-0.15, -0.1) is 0 Å². The van der Waals surface area contributed by atoms with Gasteiger partial charge in [0.05, 0.1) is 31.5 Å².